The fraction of sp³-hybridized carbons (Fsp3) is 0.818. The first-order valence-corrected chi connectivity index (χ1v) is 10.7. The summed E-state index contributed by atoms with van der Waals surface area (Å²) in [5.74, 6) is -1.15. The molecule has 0 aromatic carbocycles. The van der Waals surface area contributed by atoms with Crippen LogP contribution in [0.1, 0.15) is 97.3 Å². The van der Waals surface area contributed by atoms with E-state index in [0.29, 0.717) is 6.42 Å². The Morgan fingerprint density at radius 1 is 1.04 bits per heavy atom. The molecular formula is C22H38O5. The topological polar surface area (TPSA) is 83.8 Å². The first kappa shape index (κ1) is 23.8. The zero-order valence-corrected chi connectivity index (χ0v) is 17.1. The number of aliphatic hydroxyl groups excluding tert-OH is 1. The number of unbranched alkanes of at least 4 members (excludes halogenated alkanes) is 11. The van der Waals surface area contributed by atoms with Crippen LogP contribution in [0.2, 0.25) is 0 Å². The SMILES string of the molecule is CCCCCCCCCCCCCC[C@@H](OC(C)=O)[C@@]1(O)C(=O)C=C[C@@H]1O. The highest BCUT2D eigenvalue weighted by molar-refractivity contribution is 6.01. The third-order valence-corrected chi connectivity index (χ3v) is 5.39. The van der Waals surface area contributed by atoms with Gasteiger partial charge in [0.2, 0.25) is 0 Å². The Labute approximate surface area is 164 Å². The molecule has 0 aromatic heterocycles. The van der Waals surface area contributed by atoms with Crippen molar-refractivity contribution in [2.45, 2.75) is 115 Å². The maximum Gasteiger partial charge on any atom is 0.303 e. The van der Waals surface area contributed by atoms with Gasteiger partial charge in [0.1, 0.15) is 12.2 Å². The van der Waals surface area contributed by atoms with Crippen molar-refractivity contribution in [2.24, 2.45) is 0 Å². The van der Waals surface area contributed by atoms with Crippen LogP contribution < -0.4 is 0 Å². The average molecular weight is 383 g/mol. The molecule has 0 radical (unpaired) electrons. The van der Waals surface area contributed by atoms with E-state index in [1.54, 1.807) is 0 Å². The molecule has 5 nitrogen and oxygen atoms in total. The maximum absolute atomic E-state index is 12.0. The fourth-order valence-electron chi connectivity index (χ4n) is 3.69. The zero-order chi connectivity index (χ0) is 20.1. The maximum atomic E-state index is 12.0. The lowest BCUT2D eigenvalue weighted by atomic mass is 9.87. The Hall–Kier alpha value is -1.20. The number of carbonyl (C=O) groups excluding carboxylic acids is 2. The second-order valence-corrected chi connectivity index (χ2v) is 7.77. The lowest BCUT2D eigenvalue weighted by Gasteiger charge is -2.33. The summed E-state index contributed by atoms with van der Waals surface area (Å²) < 4.78 is 5.17. The number of carbonyl (C=O) groups is 2. The molecule has 0 saturated carbocycles. The van der Waals surface area contributed by atoms with E-state index in [-0.39, 0.29) is 0 Å². The molecule has 156 valence electrons. The molecule has 0 fully saturated rings. The first-order valence-electron chi connectivity index (χ1n) is 10.7. The molecule has 0 bridgehead atoms. The number of esters is 1. The minimum Gasteiger partial charge on any atom is -0.459 e. The molecule has 1 rings (SSSR count). The van der Waals surface area contributed by atoms with Crippen molar-refractivity contribution in [3.05, 3.63) is 12.2 Å². The lowest BCUT2D eigenvalue weighted by Crippen LogP contribution is -2.55. The Morgan fingerprint density at radius 3 is 1.93 bits per heavy atom. The Kier molecular flexibility index (Phi) is 11.5. The summed E-state index contributed by atoms with van der Waals surface area (Å²) in [5, 5.41) is 20.5. The third-order valence-electron chi connectivity index (χ3n) is 5.39. The van der Waals surface area contributed by atoms with E-state index in [1.165, 1.54) is 70.8 Å². The largest absolute Gasteiger partial charge is 0.459 e. The van der Waals surface area contributed by atoms with E-state index in [9.17, 15) is 19.8 Å². The van der Waals surface area contributed by atoms with Crippen LogP contribution in [0, 0.1) is 0 Å². The van der Waals surface area contributed by atoms with Crippen LogP contribution in [0.15, 0.2) is 12.2 Å². The second kappa shape index (κ2) is 13.1. The summed E-state index contributed by atoms with van der Waals surface area (Å²) in [7, 11) is 0. The molecule has 1 aliphatic rings. The van der Waals surface area contributed by atoms with E-state index < -0.39 is 29.6 Å². The zero-order valence-electron chi connectivity index (χ0n) is 17.1. The van der Waals surface area contributed by atoms with Gasteiger partial charge in [-0.1, -0.05) is 77.6 Å². The summed E-state index contributed by atoms with van der Waals surface area (Å²) in [6.07, 6.45) is 15.0. The van der Waals surface area contributed by atoms with Crippen LogP contribution in [0.25, 0.3) is 0 Å². The monoisotopic (exact) mass is 382 g/mol. The van der Waals surface area contributed by atoms with Crippen molar-refractivity contribution in [3.63, 3.8) is 0 Å². The predicted octanol–water partition coefficient (Wildman–Crippen LogP) is 4.24. The summed E-state index contributed by atoms with van der Waals surface area (Å²) in [6.45, 7) is 3.48. The number of hydrogen-bond donors (Lipinski definition) is 2. The molecule has 27 heavy (non-hydrogen) atoms. The van der Waals surface area contributed by atoms with Gasteiger partial charge in [-0.05, 0) is 25.0 Å². The summed E-state index contributed by atoms with van der Waals surface area (Å²) in [5.41, 5.74) is -2.04. The molecule has 1 aliphatic carbocycles. The van der Waals surface area contributed by atoms with Crippen molar-refractivity contribution >= 4 is 11.8 Å². The molecular weight excluding hydrogens is 344 g/mol. The Bertz CT molecular complexity index is 473. The minimum absolute atomic E-state index is 0.373. The van der Waals surface area contributed by atoms with E-state index in [1.807, 2.05) is 0 Å². The van der Waals surface area contributed by atoms with Crippen molar-refractivity contribution in [1.82, 2.24) is 0 Å². The van der Waals surface area contributed by atoms with E-state index in [0.717, 1.165) is 25.3 Å². The van der Waals surface area contributed by atoms with Gasteiger partial charge in [-0.15, -0.1) is 0 Å². The lowest BCUT2D eigenvalue weighted by molar-refractivity contribution is -0.178. The smallest absolute Gasteiger partial charge is 0.303 e. The Balaban J connectivity index is 2.18. The number of rotatable bonds is 15. The molecule has 0 amide bonds. The van der Waals surface area contributed by atoms with Crippen LogP contribution in [-0.4, -0.2) is 39.8 Å². The second-order valence-electron chi connectivity index (χ2n) is 7.77. The van der Waals surface area contributed by atoms with Gasteiger partial charge in [0.25, 0.3) is 0 Å². The number of ether oxygens (including phenoxy) is 1. The van der Waals surface area contributed by atoms with Crippen LogP contribution in [0.4, 0.5) is 0 Å². The Morgan fingerprint density at radius 2 is 1.52 bits per heavy atom. The first-order chi connectivity index (χ1) is 12.9. The van der Waals surface area contributed by atoms with Crippen molar-refractivity contribution in [1.29, 1.82) is 0 Å². The quantitative estimate of drug-likeness (QED) is 0.327. The van der Waals surface area contributed by atoms with Gasteiger partial charge in [0, 0.05) is 6.92 Å². The van der Waals surface area contributed by atoms with E-state index in [2.05, 4.69) is 6.92 Å². The molecule has 0 heterocycles. The molecule has 3 atom stereocenters. The highest BCUT2D eigenvalue weighted by Gasteiger charge is 2.52. The van der Waals surface area contributed by atoms with Gasteiger partial charge in [-0.25, -0.2) is 0 Å². The van der Waals surface area contributed by atoms with Gasteiger partial charge in [0.05, 0.1) is 0 Å². The highest BCUT2D eigenvalue weighted by Crippen LogP contribution is 2.30. The standard InChI is InChI=1S/C22H38O5/c1-3-4-5-6-7-8-9-10-11-12-13-14-15-21(27-18(2)23)22(26)19(24)16-17-20(22)25/h16-17,19,21,24,26H,3-15H2,1-2H3/t19-,21+,22-/m0/s1. The molecule has 2 N–H and O–H groups in total. The van der Waals surface area contributed by atoms with Crippen molar-refractivity contribution in [2.75, 3.05) is 0 Å². The van der Waals surface area contributed by atoms with E-state index in [4.69, 9.17) is 4.74 Å². The molecule has 0 unspecified atom stereocenters. The normalized spacial score (nSPS) is 23.0. The number of hydrogen-bond acceptors (Lipinski definition) is 5. The van der Waals surface area contributed by atoms with Gasteiger partial charge < -0.3 is 14.9 Å². The summed E-state index contributed by atoms with van der Waals surface area (Å²) >= 11 is 0. The number of ketones is 1. The van der Waals surface area contributed by atoms with Crippen molar-refractivity contribution in [3.8, 4) is 0 Å². The molecule has 0 aliphatic heterocycles. The van der Waals surface area contributed by atoms with Crippen molar-refractivity contribution < 1.29 is 24.5 Å². The summed E-state index contributed by atoms with van der Waals surface area (Å²) in [6, 6.07) is 0. The molecule has 0 spiro atoms. The number of aliphatic hydroxyl groups is 2. The fourth-order valence-corrected chi connectivity index (χ4v) is 3.69. The van der Waals surface area contributed by atoms with Crippen LogP contribution in [0.3, 0.4) is 0 Å². The van der Waals surface area contributed by atoms with Gasteiger partial charge in [0.15, 0.2) is 11.4 Å². The molecule has 5 heteroatoms. The third kappa shape index (κ3) is 8.14. The minimum atomic E-state index is -2.04. The predicted molar refractivity (Wildman–Crippen MR) is 106 cm³/mol. The van der Waals surface area contributed by atoms with Crippen LogP contribution >= 0.6 is 0 Å². The highest BCUT2D eigenvalue weighted by atomic mass is 16.6. The van der Waals surface area contributed by atoms with Crippen LogP contribution in [0.5, 0.6) is 0 Å². The molecule has 0 aromatic rings. The van der Waals surface area contributed by atoms with Gasteiger partial charge in [-0.2, -0.15) is 0 Å². The van der Waals surface area contributed by atoms with Crippen LogP contribution in [-0.2, 0) is 14.3 Å². The van der Waals surface area contributed by atoms with Gasteiger partial charge >= 0.3 is 5.97 Å². The average Bonchev–Trinajstić information content (AvgIpc) is 2.89. The summed E-state index contributed by atoms with van der Waals surface area (Å²) in [4.78, 5) is 23.3. The van der Waals surface area contributed by atoms with Gasteiger partial charge in [-0.3, -0.25) is 9.59 Å². The molecule has 0 saturated heterocycles. The van der Waals surface area contributed by atoms with E-state index >= 15 is 0 Å².